The molecule has 0 saturated heterocycles. The van der Waals surface area contributed by atoms with Crippen molar-refractivity contribution in [2.24, 2.45) is 0 Å². The lowest BCUT2D eigenvalue weighted by molar-refractivity contribution is 1.26. The standard InChI is InChI=1S/C62H42N4/c1-4-16-45(17-5-1)60-56-25-12-13-26-59(56)64-62-57(60)39-30-46-31-40-58(63-61(46)62)49-20-14-19-47(41-49)44-27-32-52(33-28-44)66(55-34-29-43-15-10-11-18-48(43)42-55)54-37-35-53(36-38-54)65(50-21-6-2-7-22-50)51-23-8-3-9-24-51/h1-42H. The van der Waals surface area contributed by atoms with Gasteiger partial charge in [-0.1, -0.05) is 164 Å². The maximum Gasteiger partial charge on any atom is 0.0978 e. The molecule has 12 aromatic rings. The van der Waals surface area contributed by atoms with Gasteiger partial charge in [0.25, 0.3) is 0 Å². The average molecular weight is 843 g/mol. The first kappa shape index (κ1) is 38.8. The molecule has 0 aliphatic rings. The number of aromatic nitrogens is 2. The molecule has 0 atom stereocenters. The van der Waals surface area contributed by atoms with Gasteiger partial charge in [-0.05, 0) is 118 Å². The molecule has 0 aliphatic carbocycles. The highest BCUT2D eigenvalue weighted by Crippen LogP contribution is 2.42. The fourth-order valence-corrected chi connectivity index (χ4v) is 9.39. The fraction of sp³-hybridized carbons (Fsp3) is 0. The van der Waals surface area contributed by atoms with E-state index in [0.717, 1.165) is 89.2 Å². The highest BCUT2D eigenvalue weighted by molar-refractivity contribution is 6.16. The van der Waals surface area contributed by atoms with E-state index in [1.807, 2.05) is 0 Å². The van der Waals surface area contributed by atoms with E-state index in [-0.39, 0.29) is 0 Å². The maximum absolute atomic E-state index is 5.36. The van der Waals surface area contributed by atoms with E-state index in [9.17, 15) is 0 Å². The Morgan fingerprint density at radius 2 is 0.773 bits per heavy atom. The summed E-state index contributed by atoms with van der Waals surface area (Å²) >= 11 is 0. The molecule has 0 amide bonds. The van der Waals surface area contributed by atoms with Crippen molar-refractivity contribution in [2.75, 3.05) is 9.80 Å². The van der Waals surface area contributed by atoms with Crippen LogP contribution in [-0.2, 0) is 0 Å². The van der Waals surface area contributed by atoms with Crippen LogP contribution in [0, 0.1) is 0 Å². The molecule has 0 aliphatic heterocycles. The first-order valence-electron chi connectivity index (χ1n) is 22.4. The quantitative estimate of drug-likeness (QED) is 0.107. The van der Waals surface area contributed by atoms with Crippen molar-refractivity contribution in [3.63, 3.8) is 0 Å². The van der Waals surface area contributed by atoms with Gasteiger partial charge in [-0.2, -0.15) is 0 Å². The third-order valence-electron chi connectivity index (χ3n) is 12.6. The minimum Gasteiger partial charge on any atom is -0.311 e. The summed E-state index contributed by atoms with van der Waals surface area (Å²) in [7, 11) is 0. The van der Waals surface area contributed by atoms with E-state index in [0.29, 0.717) is 0 Å². The van der Waals surface area contributed by atoms with Crippen molar-refractivity contribution < 1.29 is 0 Å². The third-order valence-corrected chi connectivity index (χ3v) is 12.6. The normalized spacial score (nSPS) is 11.3. The summed E-state index contributed by atoms with van der Waals surface area (Å²) < 4.78 is 0. The molecule has 2 heterocycles. The van der Waals surface area contributed by atoms with Crippen LogP contribution in [0.15, 0.2) is 255 Å². The Kier molecular flexibility index (Phi) is 9.81. The van der Waals surface area contributed by atoms with Crippen molar-refractivity contribution in [3.8, 4) is 33.5 Å². The molecule has 0 bridgehead atoms. The van der Waals surface area contributed by atoms with Crippen molar-refractivity contribution in [2.45, 2.75) is 0 Å². The van der Waals surface area contributed by atoms with Crippen LogP contribution >= 0.6 is 0 Å². The van der Waals surface area contributed by atoms with Crippen LogP contribution < -0.4 is 9.80 Å². The Morgan fingerprint density at radius 3 is 1.48 bits per heavy atom. The highest BCUT2D eigenvalue weighted by Gasteiger charge is 2.18. The van der Waals surface area contributed by atoms with Crippen LogP contribution in [0.3, 0.4) is 0 Å². The Balaban J connectivity index is 0.909. The first-order valence-corrected chi connectivity index (χ1v) is 22.4. The molecule has 0 saturated carbocycles. The summed E-state index contributed by atoms with van der Waals surface area (Å²) in [6.45, 7) is 0. The molecule has 10 aromatic carbocycles. The van der Waals surface area contributed by atoms with E-state index in [2.05, 4.69) is 265 Å². The van der Waals surface area contributed by atoms with Crippen LogP contribution in [0.4, 0.5) is 34.1 Å². The molecular formula is C62H42N4. The fourth-order valence-electron chi connectivity index (χ4n) is 9.39. The predicted molar refractivity (Wildman–Crippen MR) is 278 cm³/mol. The number of hydrogen-bond acceptors (Lipinski definition) is 4. The Bertz CT molecular complexity index is 3650. The lowest BCUT2D eigenvalue weighted by Gasteiger charge is -2.28. The number of nitrogens with zero attached hydrogens (tertiary/aromatic N) is 4. The maximum atomic E-state index is 5.36. The Morgan fingerprint density at radius 1 is 0.258 bits per heavy atom. The van der Waals surface area contributed by atoms with Crippen LogP contribution in [0.5, 0.6) is 0 Å². The van der Waals surface area contributed by atoms with Gasteiger partial charge in [0.05, 0.1) is 22.2 Å². The molecule has 0 radical (unpaired) electrons. The van der Waals surface area contributed by atoms with Crippen molar-refractivity contribution >= 4 is 77.6 Å². The minimum atomic E-state index is 0.900. The molecule has 4 nitrogen and oxygen atoms in total. The molecular weight excluding hydrogens is 801 g/mol. The molecule has 66 heavy (non-hydrogen) atoms. The second kappa shape index (κ2) is 16.7. The summed E-state index contributed by atoms with van der Waals surface area (Å²) in [5.41, 5.74) is 15.9. The molecule has 0 spiro atoms. The summed E-state index contributed by atoms with van der Waals surface area (Å²) in [6, 6.07) is 90.5. The van der Waals surface area contributed by atoms with E-state index in [4.69, 9.17) is 9.97 Å². The van der Waals surface area contributed by atoms with E-state index >= 15 is 0 Å². The zero-order chi connectivity index (χ0) is 43.8. The summed E-state index contributed by atoms with van der Waals surface area (Å²) in [5.74, 6) is 0. The van der Waals surface area contributed by atoms with Crippen LogP contribution in [0.25, 0.3) is 77.0 Å². The van der Waals surface area contributed by atoms with Crippen LogP contribution in [0.2, 0.25) is 0 Å². The van der Waals surface area contributed by atoms with Crippen LogP contribution in [0.1, 0.15) is 0 Å². The van der Waals surface area contributed by atoms with Gasteiger partial charge < -0.3 is 9.80 Å². The Hall–Kier alpha value is -8.86. The first-order chi connectivity index (χ1) is 32.7. The molecule has 0 N–H and O–H groups in total. The van der Waals surface area contributed by atoms with E-state index in [1.54, 1.807) is 0 Å². The zero-order valence-electron chi connectivity index (χ0n) is 36.0. The molecule has 4 heteroatoms. The van der Waals surface area contributed by atoms with Gasteiger partial charge in [0.15, 0.2) is 0 Å². The second-order valence-corrected chi connectivity index (χ2v) is 16.6. The van der Waals surface area contributed by atoms with Crippen molar-refractivity contribution in [1.29, 1.82) is 0 Å². The Labute approximate surface area is 384 Å². The SMILES string of the molecule is c1ccc(-c2c3ccccc3nc3c2ccc2ccc(-c4cccc(-c5ccc(N(c6ccc(N(c7ccccc7)c7ccccc7)cc6)c6ccc7ccccc7c6)cc5)c4)nc23)cc1. The topological polar surface area (TPSA) is 32.3 Å². The lowest BCUT2D eigenvalue weighted by atomic mass is 9.95. The van der Waals surface area contributed by atoms with E-state index < -0.39 is 0 Å². The molecule has 0 fully saturated rings. The van der Waals surface area contributed by atoms with E-state index in [1.165, 1.54) is 21.9 Å². The number of benzene rings is 10. The van der Waals surface area contributed by atoms with Crippen molar-refractivity contribution in [3.05, 3.63) is 255 Å². The van der Waals surface area contributed by atoms with Gasteiger partial charge in [-0.3, -0.25) is 0 Å². The monoisotopic (exact) mass is 842 g/mol. The second-order valence-electron chi connectivity index (χ2n) is 16.6. The summed E-state index contributed by atoms with van der Waals surface area (Å²) in [4.78, 5) is 15.2. The third kappa shape index (κ3) is 7.17. The largest absolute Gasteiger partial charge is 0.311 e. The molecule has 310 valence electrons. The average Bonchev–Trinajstić information content (AvgIpc) is 3.39. The number of para-hydroxylation sites is 3. The summed E-state index contributed by atoms with van der Waals surface area (Å²) in [5, 5.41) is 5.71. The van der Waals surface area contributed by atoms with Crippen LogP contribution in [-0.4, -0.2) is 9.97 Å². The zero-order valence-corrected chi connectivity index (χ0v) is 36.0. The predicted octanol–water partition coefficient (Wildman–Crippen LogP) is 17.0. The molecule has 2 aromatic heterocycles. The van der Waals surface area contributed by atoms with Gasteiger partial charge in [0, 0.05) is 61.4 Å². The number of pyridine rings is 2. The number of rotatable bonds is 9. The number of anilines is 6. The smallest absolute Gasteiger partial charge is 0.0978 e. The van der Waals surface area contributed by atoms with Gasteiger partial charge >= 0.3 is 0 Å². The van der Waals surface area contributed by atoms with Gasteiger partial charge in [-0.15, -0.1) is 0 Å². The van der Waals surface area contributed by atoms with Gasteiger partial charge in [0.2, 0.25) is 0 Å². The lowest BCUT2D eigenvalue weighted by Crippen LogP contribution is -2.12. The van der Waals surface area contributed by atoms with Crippen molar-refractivity contribution in [1.82, 2.24) is 9.97 Å². The van der Waals surface area contributed by atoms with Gasteiger partial charge in [-0.25, -0.2) is 9.97 Å². The summed E-state index contributed by atoms with van der Waals surface area (Å²) in [6.07, 6.45) is 0. The highest BCUT2D eigenvalue weighted by atomic mass is 15.2. The number of hydrogen-bond donors (Lipinski definition) is 0. The van der Waals surface area contributed by atoms with Gasteiger partial charge in [0.1, 0.15) is 0 Å². The molecule has 12 rings (SSSR count). The molecule has 0 unspecified atom stereocenters. The number of fused-ring (bicyclic) bond motifs is 5. The minimum absolute atomic E-state index is 0.900.